The van der Waals surface area contributed by atoms with Crippen molar-refractivity contribution in [3.05, 3.63) is 70.8 Å². The molecule has 2 unspecified atom stereocenters. The fourth-order valence-electron chi connectivity index (χ4n) is 4.71. The Hall–Kier alpha value is -2.06. The summed E-state index contributed by atoms with van der Waals surface area (Å²) in [4.78, 5) is 2.35. The van der Waals surface area contributed by atoms with Gasteiger partial charge in [-0.1, -0.05) is 37.3 Å². The molecule has 0 saturated carbocycles. The van der Waals surface area contributed by atoms with Crippen molar-refractivity contribution in [2.75, 3.05) is 19.6 Å². The third-order valence-corrected chi connectivity index (χ3v) is 6.69. The summed E-state index contributed by atoms with van der Waals surface area (Å²) >= 11 is 0. The Morgan fingerprint density at radius 2 is 1.52 bits per heavy atom. The molecule has 2 aromatic carbocycles. The van der Waals surface area contributed by atoms with Crippen LogP contribution in [-0.4, -0.2) is 30.6 Å². The normalized spacial score (nSPS) is 21.6. The zero-order valence-electron chi connectivity index (χ0n) is 18.8. The van der Waals surface area contributed by atoms with Gasteiger partial charge in [0.05, 0.1) is 23.8 Å². The standard InChI is InChI=1S/C25H29F6NO/c1-3-32-12-7-10-23(11-13-32,20-8-5-4-6-9-20)18(2)33-17-19-14-21(24(26,27)28)16-22(15-19)25(29,30)31/h4-6,8-9,14-16,18H,3,7,10-13,17H2,1-2H3. The molecular weight excluding hydrogens is 444 g/mol. The molecule has 0 radical (unpaired) electrons. The highest BCUT2D eigenvalue weighted by molar-refractivity contribution is 5.33. The fraction of sp³-hybridized carbons (Fsp3) is 0.520. The van der Waals surface area contributed by atoms with Gasteiger partial charge in [-0.15, -0.1) is 0 Å². The fourth-order valence-corrected chi connectivity index (χ4v) is 4.71. The average molecular weight is 474 g/mol. The lowest BCUT2D eigenvalue weighted by molar-refractivity contribution is -0.143. The Kier molecular flexibility index (Phi) is 7.79. The van der Waals surface area contributed by atoms with Crippen molar-refractivity contribution in [1.82, 2.24) is 4.90 Å². The van der Waals surface area contributed by atoms with Crippen LogP contribution >= 0.6 is 0 Å². The largest absolute Gasteiger partial charge is 0.416 e. The molecule has 33 heavy (non-hydrogen) atoms. The lowest BCUT2D eigenvalue weighted by Gasteiger charge is -2.39. The van der Waals surface area contributed by atoms with E-state index in [0.29, 0.717) is 0 Å². The number of rotatable bonds is 6. The molecule has 1 aliphatic rings. The van der Waals surface area contributed by atoms with E-state index in [1.54, 1.807) is 0 Å². The molecule has 2 atom stereocenters. The summed E-state index contributed by atoms with van der Waals surface area (Å²) in [5.41, 5.74) is -2.09. The maximum Gasteiger partial charge on any atom is 0.416 e. The lowest BCUT2D eigenvalue weighted by Crippen LogP contribution is -2.40. The number of likely N-dealkylation sites (tertiary alicyclic amines) is 1. The average Bonchev–Trinajstić information content (AvgIpc) is 3.00. The first-order chi connectivity index (χ1) is 15.5. The lowest BCUT2D eigenvalue weighted by atomic mass is 9.70. The van der Waals surface area contributed by atoms with Crippen LogP contribution < -0.4 is 0 Å². The van der Waals surface area contributed by atoms with E-state index in [9.17, 15) is 26.3 Å². The predicted molar refractivity (Wildman–Crippen MR) is 115 cm³/mol. The second kappa shape index (κ2) is 10.1. The molecule has 0 N–H and O–H groups in total. The molecule has 0 aliphatic carbocycles. The molecule has 0 aromatic heterocycles. The molecular formula is C25H29F6NO. The molecule has 182 valence electrons. The maximum atomic E-state index is 13.2. The van der Waals surface area contributed by atoms with Crippen LogP contribution in [0.15, 0.2) is 48.5 Å². The van der Waals surface area contributed by atoms with Crippen molar-refractivity contribution in [3.63, 3.8) is 0 Å². The van der Waals surface area contributed by atoms with E-state index in [2.05, 4.69) is 11.8 Å². The number of alkyl halides is 6. The van der Waals surface area contributed by atoms with Crippen LogP contribution in [0.1, 0.15) is 55.4 Å². The summed E-state index contributed by atoms with van der Waals surface area (Å²) in [6, 6.07) is 11.5. The zero-order valence-corrected chi connectivity index (χ0v) is 18.8. The molecule has 8 heteroatoms. The Labute approximate surface area is 190 Å². The summed E-state index contributed by atoms with van der Waals surface area (Å²) in [7, 11) is 0. The van der Waals surface area contributed by atoms with Gasteiger partial charge >= 0.3 is 12.4 Å². The molecule has 0 spiro atoms. The van der Waals surface area contributed by atoms with Gasteiger partial charge in [0, 0.05) is 5.41 Å². The molecule has 1 heterocycles. The first kappa shape index (κ1) is 25.6. The Morgan fingerprint density at radius 3 is 2.06 bits per heavy atom. The molecule has 2 aromatic rings. The van der Waals surface area contributed by atoms with Gasteiger partial charge in [0.15, 0.2) is 0 Å². The van der Waals surface area contributed by atoms with E-state index in [1.165, 1.54) is 0 Å². The van der Waals surface area contributed by atoms with Crippen molar-refractivity contribution >= 4 is 0 Å². The van der Waals surface area contributed by atoms with E-state index >= 15 is 0 Å². The van der Waals surface area contributed by atoms with Crippen LogP contribution in [0, 0.1) is 0 Å². The SMILES string of the molecule is CCN1CCCC(c2ccccc2)(C(C)OCc2cc(C(F)(F)F)cc(C(F)(F)F)c2)CC1. The highest BCUT2D eigenvalue weighted by Crippen LogP contribution is 2.41. The van der Waals surface area contributed by atoms with Crippen LogP contribution in [0.2, 0.25) is 0 Å². The van der Waals surface area contributed by atoms with E-state index < -0.39 is 29.6 Å². The van der Waals surface area contributed by atoms with Gasteiger partial charge < -0.3 is 9.64 Å². The quantitative estimate of drug-likeness (QED) is 0.416. The van der Waals surface area contributed by atoms with Gasteiger partial charge in [0.25, 0.3) is 0 Å². The Morgan fingerprint density at radius 1 is 0.909 bits per heavy atom. The Bertz CT molecular complexity index is 879. The first-order valence-corrected chi connectivity index (χ1v) is 11.1. The molecule has 0 amide bonds. The van der Waals surface area contributed by atoms with E-state index in [4.69, 9.17) is 4.74 Å². The second-order valence-electron chi connectivity index (χ2n) is 8.68. The van der Waals surface area contributed by atoms with Crippen LogP contribution in [0.25, 0.3) is 0 Å². The second-order valence-corrected chi connectivity index (χ2v) is 8.68. The number of nitrogens with zero attached hydrogens (tertiary/aromatic N) is 1. The van der Waals surface area contributed by atoms with Crippen molar-refractivity contribution in [2.24, 2.45) is 0 Å². The van der Waals surface area contributed by atoms with Crippen molar-refractivity contribution in [3.8, 4) is 0 Å². The minimum atomic E-state index is -4.88. The highest BCUT2D eigenvalue weighted by atomic mass is 19.4. The number of halogens is 6. The zero-order chi connectivity index (χ0) is 24.3. The smallest absolute Gasteiger partial charge is 0.373 e. The van der Waals surface area contributed by atoms with Crippen LogP contribution in [0.4, 0.5) is 26.3 Å². The van der Waals surface area contributed by atoms with Crippen molar-refractivity contribution in [1.29, 1.82) is 0 Å². The molecule has 1 fully saturated rings. The predicted octanol–water partition coefficient (Wildman–Crippen LogP) is 7.07. The molecule has 3 rings (SSSR count). The van der Waals surface area contributed by atoms with E-state index in [1.807, 2.05) is 37.3 Å². The summed E-state index contributed by atoms with van der Waals surface area (Å²) in [5, 5.41) is 0. The maximum absolute atomic E-state index is 13.2. The topological polar surface area (TPSA) is 12.5 Å². The third-order valence-electron chi connectivity index (χ3n) is 6.69. The monoisotopic (exact) mass is 473 g/mol. The van der Waals surface area contributed by atoms with E-state index in [0.717, 1.165) is 56.6 Å². The van der Waals surface area contributed by atoms with Gasteiger partial charge in [-0.3, -0.25) is 0 Å². The minimum absolute atomic E-state index is 0.142. The van der Waals surface area contributed by atoms with Gasteiger partial charge in [-0.2, -0.15) is 26.3 Å². The molecule has 2 nitrogen and oxygen atoms in total. The number of ether oxygens (including phenoxy) is 1. The number of hydrogen-bond donors (Lipinski definition) is 0. The summed E-state index contributed by atoms with van der Waals surface area (Å²) in [6.07, 6.45) is -7.61. The summed E-state index contributed by atoms with van der Waals surface area (Å²) < 4.78 is 85.3. The first-order valence-electron chi connectivity index (χ1n) is 11.1. The molecule has 1 saturated heterocycles. The minimum Gasteiger partial charge on any atom is -0.373 e. The van der Waals surface area contributed by atoms with Crippen molar-refractivity contribution < 1.29 is 31.1 Å². The summed E-state index contributed by atoms with van der Waals surface area (Å²) in [5.74, 6) is 0. The van der Waals surface area contributed by atoms with Crippen LogP contribution in [0.5, 0.6) is 0 Å². The van der Waals surface area contributed by atoms with Gasteiger partial charge in [0.1, 0.15) is 0 Å². The van der Waals surface area contributed by atoms with Gasteiger partial charge in [-0.25, -0.2) is 0 Å². The third kappa shape index (κ3) is 6.09. The number of benzene rings is 2. The number of hydrogen-bond acceptors (Lipinski definition) is 2. The molecule has 1 aliphatic heterocycles. The molecule has 0 bridgehead atoms. The Balaban J connectivity index is 1.88. The van der Waals surface area contributed by atoms with Gasteiger partial charge in [-0.05, 0) is 75.1 Å². The van der Waals surface area contributed by atoms with Gasteiger partial charge in [0.2, 0.25) is 0 Å². The van der Waals surface area contributed by atoms with Crippen molar-refractivity contribution in [2.45, 2.75) is 63.6 Å². The highest BCUT2D eigenvalue weighted by Gasteiger charge is 2.40. The van der Waals surface area contributed by atoms with Crippen LogP contribution in [-0.2, 0) is 29.1 Å². The van der Waals surface area contributed by atoms with Crippen LogP contribution in [0.3, 0.4) is 0 Å². The van der Waals surface area contributed by atoms with E-state index in [-0.39, 0.29) is 23.7 Å². The summed E-state index contributed by atoms with van der Waals surface area (Å²) in [6.45, 7) is 6.35.